The molecule has 224 valence electrons. The van der Waals surface area contributed by atoms with E-state index in [-0.39, 0.29) is 59.0 Å². The summed E-state index contributed by atoms with van der Waals surface area (Å²) in [5.41, 5.74) is 1.05. The van der Waals surface area contributed by atoms with E-state index < -0.39 is 24.0 Å². The molecule has 5 rings (SSSR count). The molecule has 3 aliphatic rings. The Morgan fingerprint density at radius 3 is 2.52 bits per heavy atom. The van der Waals surface area contributed by atoms with Gasteiger partial charge in [0.05, 0.1) is 6.04 Å². The number of carbonyl (C=O) groups excluding carboxylic acids is 5. The lowest BCUT2D eigenvalue weighted by atomic mass is 9.94. The molecular formula is C32H41N5O5. The van der Waals surface area contributed by atoms with Crippen molar-refractivity contribution in [1.29, 1.82) is 0 Å². The maximum absolute atomic E-state index is 14.1. The molecule has 2 aromatic rings. The Kier molecular flexibility index (Phi) is 8.00. The highest BCUT2D eigenvalue weighted by Gasteiger charge is 2.69. The molecule has 4 amide bonds. The van der Waals surface area contributed by atoms with Crippen LogP contribution in [0.5, 0.6) is 0 Å². The summed E-state index contributed by atoms with van der Waals surface area (Å²) in [6.45, 7) is 12.6. The quantitative estimate of drug-likeness (QED) is 0.305. The second-order valence-electron chi connectivity index (χ2n) is 13.0. The van der Waals surface area contributed by atoms with Crippen molar-refractivity contribution in [3.05, 3.63) is 48.7 Å². The maximum Gasteiger partial charge on any atom is 0.268 e. The third kappa shape index (κ3) is 5.58. The number of rotatable bonds is 11. The number of nitrogens with zero attached hydrogens (tertiary/aromatic N) is 1. The van der Waals surface area contributed by atoms with Crippen LogP contribution in [-0.4, -0.2) is 70.5 Å². The first-order valence-corrected chi connectivity index (χ1v) is 14.9. The Hall–Kier alpha value is -3.95. The lowest BCUT2D eigenvalue weighted by Gasteiger charge is -2.34. The third-order valence-corrected chi connectivity index (χ3v) is 9.39. The topological polar surface area (TPSA) is 140 Å². The molecular weight excluding hydrogens is 534 g/mol. The van der Waals surface area contributed by atoms with E-state index in [4.69, 9.17) is 0 Å². The molecule has 1 unspecified atom stereocenters. The van der Waals surface area contributed by atoms with Crippen LogP contribution in [0, 0.1) is 29.1 Å². The van der Waals surface area contributed by atoms with Crippen LogP contribution in [0.25, 0.3) is 10.9 Å². The van der Waals surface area contributed by atoms with Gasteiger partial charge in [-0.15, -0.1) is 0 Å². The van der Waals surface area contributed by atoms with Crippen molar-refractivity contribution in [3.8, 4) is 0 Å². The molecule has 6 atom stereocenters. The number of fused-ring (bicyclic) bond motifs is 2. The Bertz CT molecular complexity index is 1390. The molecule has 2 aliphatic heterocycles. The second-order valence-corrected chi connectivity index (χ2v) is 13.0. The van der Waals surface area contributed by atoms with Gasteiger partial charge in [-0.3, -0.25) is 24.0 Å². The van der Waals surface area contributed by atoms with Crippen molar-refractivity contribution >= 4 is 40.3 Å². The summed E-state index contributed by atoms with van der Waals surface area (Å²) in [5.74, 6) is -1.81. The number of aromatic nitrogens is 1. The second kappa shape index (κ2) is 11.4. The van der Waals surface area contributed by atoms with Crippen LogP contribution in [0.15, 0.2) is 43.0 Å². The van der Waals surface area contributed by atoms with Crippen LogP contribution in [0.2, 0.25) is 0 Å². The molecule has 1 aliphatic carbocycles. The summed E-state index contributed by atoms with van der Waals surface area (Å²) in [6.07, 6.45) is 2.34. The van der Waals surface area contributed by atoms with E-state index in [0.717, 1.165) is 17.0 Å². The van der Waals surface area contributed by atoms with Gasteiger partial charge in [0, 0.05) is 29.9 Å². The third-order valence-electron chi connectivity index (χ3n) is 9.39. The van der Waals surface area contributed by atoms with E-state index >= 15 is 0 Å². The minimum atomic E-state index is -0.908. The Morgan fingerprint density at radius 1 is 1.14 bits per heavy atom. The van der Waals surface area contributed by atoms with Gasteiger partial charge in [0.2, 0.25) is 17.7 Å². The fourth-order valence-electron chi connectivity index (χ4n) is 6.94. The number of para-hydroxylation sites is 1. The number of ketones is 1. The first-order chi connectivity index (χ1) is 19.9. The summed E-state index contributed by atoms with van der Waals surface area (Å²) >= 11 is 0. The van der Waals surface area contributed by atoms with Crippen LogP contribution >= 0.6 is 0 Å². The van der Waals surface area contributed by atoms with E-state index in [9.17, 15) is 24.0 Å². The van der Waals surface area contributed by atoms with Gasteiger partial charge in [0.15, 0.2) is 5.78 Å². The van der Waals surface area contributed by atoms with Crippen LogP contribution < -0.4 is 16.0 Å². The standard InChI is InChI=1S/C32H41N5O5/c1-6-25(38)22(15-19-11-12-33-28(19)39)35-30(41)27-26-20(32(26,4)5)16-37(27)31(42)24(13-17(2)3)36-29(40)23-14-18-9-7-8-10-21(18)34-23/h6-10,14,17,19-20,22,24,26-27,34H,1,11-13,15-16H2,2-5H3,(H,33,39)(H,35,41)(H,36,40)/t19-,20-,22-,24?,26-,27-/m0/s1. The average Bonchev–Trinajstić information content (AvgIpc) is 3.46. The first-order valence-electron chi connectivity index (χ1n) is 14.9. The fraction of sp³-hybridized carbons (Fsp3) is 0.531. The molecule has 4 N–H and O–H groups in total. The number of hydrogen-bond donors (Lipinski definition) is 4. The van der Waals surface area contributed by atoms with E-state index in [1.807, 2.05) is 38.1 Å². The number of nitrogens with one attached hydrogen (secondary N) is 4. The lowest BCUT2D eigenvalue weighted by Crippen LogP contribution is -2.57. The smallest absolute Gasteiger partial charge is 0.268 e. The maximum atomic E-state index is 14.1. The summed E-state index contributed by atoms with van der Waals surface area (Å²) < 4.78 is 0. The number of H-pyrrole nitrogens is 1. The predicted octanol–water partition coefficient (Wildman–Crippen LogP) is 2.56. The highest BCUT2D eigenvalue weighted by Crippen LogP contribution is 2.65. The number of amides is 4. The molecule has 1 aromatic carbocycles. The van der Waals surface area contributed by atoms with E-state index in [0.29, 0.717) is 31.6 Å². The van der Waals surface area contributed by atoms with Gasteiger partial charge < -0.3 is 25.8 Å². The molecule has 2 saturated heterocycles. The summed E-state index contributed by atoms with van der Waals surface area (Å²) in [6, 6.07) is 6.80. The SMILES string of the molecule is C=CC(=O)[C@H](C[C@@H]1CCNC1=O)NC(=O)[C@@H]1[C@@H]2[C@H](CN1C(=O)C(CC(C)C)NC(=O)c1cc3ccccc3[nH]1)C2(C)C. The van der Waals surface area contributed by atoms with Crippen molar-refractivity contribution in [2.45, 2.75) is 65.1 Å². The zero-order valence-electron chi connectivity index (χ0n) is 24.7. The van der Waals surface area contributed by atoms with E-state index in [1.165, 1.54) is 0 Å². The zero-order chi connectivity index (χ0) is 30.3. The number of piperidine rings is 1. The highest BCUT2D eigenvalue weighted by molar-refractivity contribution is 6.02. The van der Waals surface area contributed by atoms with Crippen LogP contribution in [-0.2, 0) is 19.2 Å². The number of aromatic amines is 1. The number of likely N-dealkylation sites (tertiary alicyclic amines) is 1. The number of carbonyl (C=O) groups is 5. The Balaban J connectivity index is 1.36. The van der Waals surface area contributed by atoms with Crippen LogP contribution in [0.1, 0.15) is 57.4 Å². The van der Waals surface area contributed by atoms with Crippen LogP contribution in [0.4, 0.5) is 0 Å². The zero-order valence-corrected chi connectivity index (χ0v) is 24.7. The lowest BCUT2D eigenvalue weighted by molar-refractivity contribution is -0.142. The molecule has 3 heterocycles. The van der Waals surface area contributed by atoms with E-state index in [2.05, 4.69) is 41.4 Å². The number of benzene rings is 1. The van der Waals surface area contributed by atoms with Crippen molar-refractivity contribution in [1.82, 2.24) is 25.8 Å². The predicted molar refractivity (Wildman–Crippen MR) is 158 cm³/mol. The minimum absolute atomic E-state index is 0.0696. The summed E-state index contributed by atoms with van der Waals surface area (Å²) in [7, 11) is 0. The molecule has 10 nitrogen and oxygen atoms in total. The normalized spacial score (nSPS) is 25.5. The van der Waals surface area contributed by atoms with Crippen molar-refractivity contribution in [2.75, 3.05) is 13.1 Å². The molecule has 10 heteroatoms. The van der Waals surface area contributed by atoms with E-state index in [1.54, 1.807) is 11.0 Å². The molecule has 42 heavy (non-hydrogen) atoms. The van der Waals surface area contributed by atoms with Gasteiger partial charge >= 0.3 is 0 Å². The van der Waals surface area contributed by atoms with Gasteiger partial charge in [-0.05, 0) is 60.6 Å². The molecule has 0 spiro atoms. The molecule has 1 aromatic heterocycles. The van der Waals surface area contributed by atoms with Gasteiger partial charge in [-0.2, -0.15) is 0 Å². The van der Waals surface area contributed by atoms with Crippen molar-refractivity contribution < 1.29 is 24.0 Å². The summed E-state index contributed by atoms with van der Waals surface area (Å²) in [5, 5.41) is 9.47. The largest absolute Gasteiger partial charge is 0.356 e. The van der Waals surface area contributed by atoms with Gasteiger partial charge in [0.1, 0.15) is 17.8 Å². The molecule has 1 saturated carbocycles. The van der Waals surface area contributed by atoms with Crippen molar-refractivity contribution in [3.63, 3.8) is 0 Å². The first kappa shape index (κ1) is 29.5. The molecule has 3 fully saturated rings. The Labute approximate surface area is 246 Å². The minimum Gasteiger partial charge on any atom is -0.356 e. The van der Waals surface area contributed by atoms with Crippen molar-refractivity contribution in [2.24, 2.45) is 29.1 Å². The highest BCUT2D eigenvalue weighted by atomic mass is 16.2. The summed E-state index contributed by atoms with van der Waals surface area (Å²) in [4.78, 5) is 70.9. The fourth-order valence-corrected chi connectivity index (χ4v) is 6.94. The average molecular weight is 576 g/mol. The monoisotopic (exact) mass is 575 g/mol. The Morgan fingerprint density at radius 2 is 1.88 bits per heavy atom. The van der Waals surface area contributed by atoms with Crippen LogP contribution in [0.3, 0.4) is 0 Å². The van der Waals surface area contributed by atoms with Gasteiger partial charge in [-0.25, -0.2) is 0 Å². The van der Waals surface area contributed by atoms with Gasteiger partial charge in [0.25, 0.3) is 5.91 Å². The molecule has 0 radical (unpaired) electrons. The van der Waals surface area contributed by atoms with Gasteiger partial charge in [-0.1, -0.05) is 52.5 Å². The number of hydrogen-bond acceptors (Lipinski definition) is 5. The molecule has 0 bridgehead atoms.